The van der Waals surface area contributed by atoms with Gasteiger partial charge in [0.05, 0.1) is 13.7 Å². The number of ether oxygens (including phenoxy) is 2. The maximum Gasteiger partial charge on any atom is 0.320 e. The first-order chi connectivity index (χ1) is 7.80. The number of hydrogen-bond acceptors (Lipinski definition) is 7. The molecule has 0 heterocycles. The number of esters is 2. The third-order valence-electron chi connectivity index (χ3n) is 1.59. The topological polar surface area (TPSA) is 104 Å². The molecule has 0 spiro atoms. The van der Waals surface area contributed by atoms with E-state index >= 15 is 0 Å². The number of ketones is 1. The van der Waals surface area contributed by atoms with E-state index in [1.807, 2.05) is 0 Å². The molecule has 0 aliphatic carbocycles. The van der Waals surface area contributed by atoms with Crippen molar-refractivity contribution >= 4 is 27.6 Å². The molecule has 0 aromatic heterocycles. The minimum atomic E-state index is -3.88. The normalized spacial score (nSPS) is 10.7. The van der Waals surface area contributed by atoms with E-state index in [1.165, 1.54) is 0 Å². The highest BCUT2D eigenvalue weighted by atomic mass is 32.2. The first kappa shape index (κ1) is 15.6. The van der Waals surface area contributed by atoms with E-state index in [-0.39, 0.29) is 6.61 Å². The van der Waals surface area contributed by atoms with Crippen molar-refractivity contribution in [3.63, 3.8) is 0 Å². The fraction of sp³-hybridized carbons (Fsp3) is 0.667. The fourth-order valence-electron chi connectivity index (χ4n) is 0.959. The lowest BCUT2D eigenvalue weighted by Crippen LogP contribution is -2.26. The van der Waals surface area contributed by atoms with E-state index in [2.05, 4.69) is 9.47 Å². The summed E-state index contributed by atoms with van der Waals surface area (Å²) in [7, 11) is -2.84. The van der Waals surface area contributed by atoms with Gasteiger partial charge in [-0.05, 0) is 6.92 Å². The van der Waals surface area contributed by atoms with Crippen LogP contribution in [-0.2, 0) is 33.7 Å². The number of methoxy groups -OCH3 is 1. The third-order valence-corrected chi connectivity index (χ3v) is 3.03. The van der Waals surface area contributed by atoms with Gasteiger partial charge in [-0.1, -0.05) is 0 Å². The predicted molar refractivity (Wildman–Crippen MR) is 56.9 cm³/mol. The SMILES string of the molecule is CCOC(=O)CC(=O)CS(=O)(=O)CC(=O)OC. The van der Waals surface area contributed by atoms with E-state index in [9.17, 15) is 22.8 Å². The van der Waals surface area contributed by atoms with Gasteiger partial charge in [0, 0.05) is 0 Å². The maximum absolute atomic E-state index is 11.3. The van der Waals surface area contributed by atoms with Gasteiger partial charge < -0.3 is 9.47 Å². The van der Waals surface area contributed by atoms with Gasteiger partial charge in [-0.15, -0.1) is 0 Å². The lowest BCUT2D eigenvalue weighted by atomic mass is 10.3. The molecule has 0 unspecified atom stereocenters. The van der Waals surface area contributed by atoms with Gasteiger partial charge in [0.25, 0.3) is 0 Å². The summed E-state index contributed by atoms with van der Waals surface area (Å²) in [4.78, 5) is 32.8. The number of hydrogen-bond donors (Lipinski definition) is 0. The molecule has 8 heteroatoms. The van der Waals surface area contributed by atoms with Crippen molar-refractivity contribution in [3.05, 3.63) is 0 Å². The summed E-state index contributed by atoms with van der Waals surface area (Å²) in [6.07, 6.45) is -0.617. The summed E-state index contributed by atoms with van der Waals surface area (Å²) in [5, 5.41) is 0. The summed E-state index contributed by atoms with van der Waals surface area (Å²) < 4.78 is 31.2. The van der Waals surface area contributed by atoms with Crippen molar-refractivity contribution in [1.82, 2.24) is 0 Å². The van der Waals surface area contributed by atoms with Crippen LogP contribution in [0.15, 0.2) is 0 Å². The number of sulfone groups is 1. The Balaban J connectivity index is 4.28. The van der Waals surface area contributed by atoms with Crippen LogP contribution >= 0.6 is 0 Å². The van der Waals surface area contributed by atoms with Gasteiger partial charge in [-0.25, -0.2) is 8.42 Å². The van der Waals surface area contributed by atoms with E-state index in [0.717, 1.165) is 7.11 Å². The summed E-state index contributed by atoms with van der Waals surface area (Å²) >= 11 is 0. The molecular weight excluding hydrogens is 252 g/mol. The van der Waals surface area contributed by atoms with E-state index in [0.29, 0.717) is 0 Å². The van der Waals surface area contributed by atoms with Gasteiger partial charge in [-0.2, -0.15) is 0 Å². The molecule has 0 bridgehead atoms. The zero-order valence-electron chi connectivity index (χ0n) is 9.59. The Morgan fingerprint density at radius 1 is 1.06 bits per heavy atom. The van der Waals surface area contributed by atoms with Crippen LogP contribution in [0.25, 0.3) is 0 Å². The minimum absolute atomic E-state index is 0.112. The molecule has 0 aromatic carbocycles. The van der Waals surface area contributed by atoms with Crippen molar-refractivity contribution in [2.24, 2.45) is 0 Å². The van der Waals surface area contributed by atoms with Crippen LogP contribution in [0.1, 0.15) is 13.3 Å². The zero-order chi connectivity index (χ0) is 13.5. The maximum atomic E-state index is 11.3. The molecule has 98 valence electrons. The van der Waals surface area contributed by atoms with Gasteiger partial charge in [0.15, 0.2) is 15.6 Å². The first-order valence-corrected chi connectivity index (χ1v) is 6.57. The second-order valence-corrected chi connectivity index (χ2v) is 5.19. The second kappa shape index (κ2) is 7.00. The predicted octanol–water partition coefficient (Wildman–Crippen LogP) is -0.903. The Morgan fingerprint density at radius 3 is 2.12 bits per heavy atom. The van der Waals surface area contributed by atoms with E-state index in [1.54, 1.807) is 6.92 Å². The average molecular weight is 266 g/mol. The lowest BCUT2D eigenvalue weighted by molar-refractivity contribution is -0.145. The van der Waals surface area contributed by atoms with E-state index < -0.39 is 45.5 Å². The first-order valence-electron chi connectivity index (χ1n) is 4.75. The highest BCUT2D eigenvalue weighted by molar-refractivity contribution is 7.92. The van der Waals surface area contributed by atoms with Crippen molar-refractivity contribution < 1.29 is 32.3 Å². The molecular formula is C9H14O7S. The highest BCUT2D eigenvalue weighted by Crippen LogP contribution is 1.97. The van der Waals surface area contributed by atoms with Crippen LogP contribution in [0.5, 0.6) is 0 Å². The molecule has 0 saturated carbocycles. The summed E-state index contributed by atoms with van der Waals surface area (Å²) in [6, 6.07) is 0. The van der Waals surface area contributed by atoms with Crippen molar-refractivity contribution in [2.75, 3.05) is 25.2 Å². The Hall–Kier alpha value is -1.44. The van der Waals surface area contributed by atoms with Gasteiger partial charge in [-0.3, -0.25) is 14.4 Å². The molecule has 17 heavy (non-hydrogen) atoms. The molecule has 0 amide bonds. The highest BCUT2D eigenvalue weighted by Gasteiger charge is 2.22. The number of rotatable bonds is 7. The van der Waals surface area contributed by atoms with Gasteiger partial charge in [0.2, 0.25) is 0 Å². The standard InChI is InChI=1S/C9H14O7S/c1-3-16-8(11)4-7(10)5-17(13,14)6-9(12)15-2/h3-6H2,1-2H3. The molecule has 0 fully saturated rings. The fourth-order valence-corrected chi connectivity index (χ4v) is 2.13. The van der Waals surface area contributed by atoms with Gasteiger partial charge >= 0.3 is 11.9 Å². The Labute approximate surface area is 99.0 Å². The van der Waals surface area contributed by atoms with Crippen LogP contribution in [-0.4, -0.2) is 51.4 Å². The molecule has 0 aliphatic heterocycles. The average Bonchev–Trinajstić information content (AvgIpc) is 2.15. The lowest BCUT2D eigenvalue weighted by Gasteiger charge is -2.03. The Kier molecular flexibility index (Phi) is 6.40. The molecule has 0 radical (unpaired) electrons. The van der Waals surface area contributed by atoms with Crippen LogP contribution in [0.2, 0.25) is 0 Å². The number of carbonyl (C=O) groups is 3. The third kappa shape index (κ3) is 7.45. The molecule has 0 aliphatic rings. The monoisotopic (exact) mass is 266 g/mol. The van der Waals surface area contributed by atoms with Crippen molar-refractivity contribution in [2.45, 2.75) is 13.3 Å². The molecule has 0 aromatic rings. The molecule has 0 N–H and O–H groups in total. The number of Topliss-reactive ketones (excluding diaryl/α,β-unsaturated/α-hetero) is 1. The Bertz CT molecular complexity index is 396. The molecule has 7 nitrogen and oxygen atoms in total. The van der Waals surface area contributed by atoms with Crippen LogP contribution in [0.4, 0.5) is 0 Å². The second-order valence-electron chi connectivity index (χ2n) is 3.13. The van der Waals surface area contributed by atoms with Crippen molar-refractivity contribution in [1.29, 1.82) is 0 Å². The molecule has 0 saturated heterocycles. The van der Waals surface area contributed by atoms with Crippen molar-refractivity contribution in [3.8, 4) is 0 Å². The zero-order valence-corrected chi connectivity index (χ0v) is 10.4. The van der Waals surface area contributed by atoms with Crippen LogP contribution < -0.4 is 0 Å². The quantitative estimate of drug-likeness (QED) is 0.434. The van der Waals surface area contributed by atoms with Gasteiger partial charge in [0.1, 0.15) is 17.9 Å². The largest absolute Gasteiger partial charge is 0.468 e. The summed E-state index contributed by atoms with van der Waals surface area (Å²) in [5.41, 5.74) is 0. The summed E-state index contributed by atoms with van der Waals surface area (Å²) in [5.74, 6) is -4.30. The number of carbonyl (C=O) groups excluding carboxylic acids is 3. The van der Waals surface area contributed by atoms with E-state index in [4.69, 9.17) is 0 Å². The molecule has 0 atom stereocenters. The molecule has 0 rings (SSSR count). The smallest absolute Gasteiger partial charge is 0.320 e. The minimum Gasteiger partial charge on any atom is -0.468 e. The van der Waals surface area contributed by atoms with Crippen LogP contribution in [0.3, 0.4) is 0 Å². The van der Waals surface area contributed by atoms with Crippen LogP contribution in [0, 0.1) is 0 Å². The summed E-state index contributed by atoms with van der Waals surface area (Å²) in [6.45, 7) is 1.68. The Morgan fingerprint density at radius 2 is 1.65 bits per heavy atom.